The number of aromatic amines is 1. The number of aromatic nitrogens is 5. The summed E-state index contributed by atoms with van der Waals surface area (Å²) in [6, 6.07) is 21.2. The summed E-state index contributed by atoms with van der Waals surface area (Å²) in [5, 5.41) is 10.5. The van der Waals surface area contributed by atoms with Crippen molar-refractivity contribution in [2.75, 3.05) is 0 Å². The lowest BCUT2D eigenvalue weighted by molar-refractivity contribution is 0.0995. The third kappa shape index (κ3) is 3.67. The van der Waals surface area contributed by atoms with Gasteiger partial charge >= 0.3 is 0 Å². The number of nitrogens with zero attached hydrogens (tertiary/aromatic N) is 4. The van der Waals surface area contributed by atoms with Crippen LogP contribution in [0.3, 0.4) is 0 Å². The number of carbonyl (C=O) groups is 1. The van der Waals surface area contributed by atoms with Gasteiger partial charge in [0.2, 0.25) is 5.78 Å². The van der Waals surface area contributed by atoms with Gasteiger partial charge in [-0.05, 0) is 57.5 Å². The second-order valence-electron chi connectivity index (χ2n) is 9.36. The van der Waals surface area contributed by atoms with Gasteiger partial charge in [-0.25, -0.2) is 4.57 Å². The molecule has 0 bridgehead atoms. The number of ketones is 1. The fraction of sp³-hybridized carbons (Fsp3) is 0.172. The van der Waals surface area contributed by atoms with E-state index >= 15 is 0 Å². The Morgan fingerprint density at radius 2 is 1.68 bits per heavy atom. The van der Waals surface area contributed by atoms with Crippen LogP contribution in [0.5, 0.6) is 0 Å². The van der Waals surface area contributed by atoms with Gasteiger partial charge in [0.25, 0.3) is 5.56 Å². The molecule has 3 aromatic carbocycles. The molecule has 1 atom stereocenters. The number of para-hydroxylation sites is 2. The summed E-state index contributed by atoms with van der Waals surface area (Å²) >= 11 is 1.35. The maximum Gasteiger partial charge on any atom is 0.267 e. The van der Waals surface area contributed by atoms with Gasteiger partial charge in [0.1, 0.15) is 0 Å². The van der Waals surface area contributed by atoms with Crippen molar-refractivity contribution in [3.8, 4) is 5.69 Å². The van der Waals surface area contributed by atoms with Crippen LogP contribution in [-0.4, -0.2) is 35.2 Å². The first-order valence-electron chi connectivity index (χ1n) is 12.1. The lowest BCUT2D eigenvalue weighted by Crippen LogP contribution is -2.22. The van der Waals surface area contributed by atoms with Gasteiger partial charge in [-0.3, -0.25) is 14.0 Å². The van der Waals surface area contributed by atoms with Crippen molar-refractivity contribution in [2.45, 2.75) is 38.1 Å². The first kappa shape index (κ1) is 23.2. The van der Waals surface area contributed by atoms with E-state index in [0.717, 1.165) is 33.4 Å². The van der Waals surface area contributed by atoms with E-state index in [1.165, 1.54) is 11.8 Å². The zero-order valence-corrected chi connectivity index (χ0v) is 21.8. The molecular formula is C29H25N5O2S. The van der Waals surface area contributed by atoms with Gasteiger partial charge in [0, 0.05) is 22.2 Å². The Bertz CT molecular complexity index is 1910. The molecule has 3 heterocycles. The lowest BCUT2D eigenvalue weighted by Gasteiger charge is -2.14. The topological polar surface area (TPSA) is 85.0 Å². The minimum absolute atomic E-state index is 0.0173. The highest BCUT2D eigenvalue weighted by Gasteiger charge is 2.26. The number of H-pyrrole nitrogens is 1. The monoisotopic (exact) mass is 507 g/mol. The second-order valence-corrected chi connectivity index (χ2v) is 10.7. The van der Waals surface area contributed by atoms with Crippen LogP contribution in [0.2, 0.25) is 0 Å². The molecule has 0 saturated heterocycles. The molecule has 0 fully saturated rings. The number of benzene rings is 3. The van der Waals surface area contributed by atoms with Gasteiger partial charge in [-0.15, -0.1) is 10.2 Å². The van der Waals surface area contributed by atoms with Crippen LogP contribution >= 0.6 is 11.8 Å². The van der Waals surface area contributed by atoms with Crippen molar-refractivity contribution >= 4 is 45.1 Å². The van der Waals surface area contributed by atoms with E-state index in [4.69, 9.17) is 0 Å². The number of Topliss-reactive ketones (excluding diaryl/α,β-unsaturated/α-hetero) is 1. The summed E-state index contributed by atoms with van der Waals surface area (Å²) in [5.74, 6) is 0.435. The molecule has 6 rings (SSSR count). The fourth-order valence-corrected chi connectivity index (χ4v) is 5.95. The van der Waals surface area contributed by atoms with Crippen molar-refractivity contribution < 1.29 is 4.79 Å². The molecule has 3 aromatic heterocycles. The summed E-state index contributed by atoms with van der Waals surface area (Å²) in [6.45, 7) is 7.82. The molecule has 37 heavy (non-hydrogen) atoms. The summed E-state index contributed by atoms with van der Waals surface area (Å²) < 4.78 is 3.50. The number of hydrogen-bond donors (Lipinski definition) is 1. The minimum atomic E-state index is -0.425. The van der Waals surface area contributed by atoms with Crippen molar-refractivity contribution in [3.05, 3.63) is 99.5 Å². The molecule has 8 heteroatoms. The van der Waals surface area contributed by atoms with E-state index in [-0.39, 0.29) is 11.3 Å². The Labute approximate surface area is 217 Å². The normalized spacial score (nSPS) is 12.5. The Balaban J connectivity index is 1.51. The fourth-order valence-electron chi connectivity index (χ4n) is 5.04. The maximum atomic E-state index is 13.7. The van der Waals surface area contributed by atoms with E-state index < -0.39 is 5.25 Å². The highest BCUT2D eigenvalue weighted by Crippen LogP contribution is 2.31. The van der Waals surface area contributed by atoms with E-state index in [9.17, 15) is 9.59 Å². The summed E-state index contributed by atoms with van der Waals surface area (Å²) in [4.78, 5) is 30.6. The van der Waals surface area contributed by atoms with Gasteiger partial charge in [0.15, 0.2) is 10.9 Å². The van der Waals surface area contributed by atoms with E-state index in [1.54, 1.807) is 4.57 Å². The van der Waals surface area contributed by atoms with Crippen LogP contribution in [0.25, 0.3) is 33.3 Å². The first-order valence-corrected chi connectivity index (χ1v) is 13.0. The Kier molecular flexibility index (Phi) is 5.49. The van der Waals surface area contributed by atoms with Gasteiger partial charge in [0.05, 0.1) is 21.8 Å². The molecule has 0 spiro atoms. The maximum absolute atomic E-state index is 13.7. The van der Waals surface area contributed by atoms with Crippen LogP contribution in [0.1, 0.15) is 34.1 Å². The van der Waals surface area contributed by atoms with Crippen LogP contribution < -0.4 is 5.56 Å². The molecule has 0 saturated carbocycles. The third-order valence-corrected chi connectivity index (χ3v) is 7.82. The number of nitrogens with one attached hydrogen (secondary N) is 1. The predicted molar refractivity (Wildman–Crippen MR) is 148 cm³/mol. The standard InChI is InChI=1S/C29H25N5O2S/c1-16-13-14-23(17(2)15-16)33-27(36)21-10-6-8-12-24(21)34-28(33)31-32-29(34)37-19(4)26(35)25-18(3)30-22-11-7-5-9-20(22)25/h5-15,19,30H,1-4H3. The van der Waals surface area contributed by atoms with Crippen molar-refractivity contribution in [1.82, 2.24) is 24.1 Å². The first-order chi connectivity index (χ1) is 17.8. The number of thioether (sulfide) groups is 1. The average Bonchev–Trinajstić information content (AvgIpc) is 3.45. The zero-order chi connectivity index (χ0) is 25.8. The van der Waals surface area contributed by atoms with Gasteiger partial charge < -0.3 is 4.98 Å². The molecule has 184 valence electrons. The molecule has 0 radical (unpaired) electrons. The number of rotatable bonds is 5. The molecule has 7 nitrogen and oxygen atoms in total. The Morgan fingerprint density at radius 1 is 0.946 bits per heavy atom. The number of hydrogen-bond acceptors (Lipinski definition) is 5. The van der Waals surface area contributed by atoms with Crippen LogP contribution in [0.15, 0.2) is 76.7 Å². The van der Waals surface area contributed by atoms with Crippen LogP contribution in [0, 0.1) is 20.8 Å². The lowest BCUT2D eigenvalue weighted by atomic mass is 10.1. The summed E-state index contributed by atoms with van der Waals surface area (Å²) in [7, 11) is 0. The van der Waals surface area contributed by atoms with Crippen LogP contribution in [0.4, 0.5) is 0 Å². The molecule has 1 N–H and O–H groups in total. The molecular weight excluding hydrogens is 482 g/mol. The van der Waals surface area contributed by atoms with E-state index in [0.29, 0.717) is 27.4 Å². The van der Waals surface area contributed by atoms with Crippen molar-refractivity contribution in [2.24, 2.45) is 0 Å². The molecule has 6 aromatic rings. The predicted octanol–water partition coefficient (Wildman–Crippen LogP) is 5.80. The largest absolute Gasteiger partial charge is 0.358 e. The molecule has 0 aliphatic heterocycles. The summed E-state index contributed by atoms with van der Waals surface area (Å²) in [6.07, 6.45) is 0. The van der Waals surface area contributed by atoms with Crippen molar-refractivity contribution in [1.29, 1.82) is 0 Å². The Hall–Kier alpha value is -4.17. The second kappa shape index (κ2) is 8.74. The number of carbonyl (C=O) groups excluding carboxylic acids is 1. The highest BCUT2D eigenvalue weighted by atomic mass is 32.2. The number of fused-ring (bicyclic) bond motifs is 4. The van der Waals surface area contributed by atoms with Crippen molar-refractivity contribution in [3.63, 3.8) is 0 Å². The Morgan fingerprint density at radius 3 is 2.46 bits per heavy atom. The quantitative estimate of drug-likeness (QED) is 0.235. The van der Waals surface area contributed by atoms with Gasteiger partial charge in [-0.1, -0.05) is 59.8 Å². The smallest absolute Gasteiger partial charge is 0.267 e. The number of aryl methyl sites for hydroxylation is 3. The molecule has 0 amide bonds. The molecule has 0 aliphatic rings. The van der Waals surface area contributed by atoms with E-state index in [2.05, 4.69) is 15.2 Å². The third-order valence-electron chi connectivity index (χ3n) is 6.78. The minimum Gasteiger partial charge on any atom is -0.358 e. The van der Waals surface area contributed by atoms with Crippen LogP contribution in [-0.2, 0) is 0 Å². The summed E-state index contributed by atoms with van der Waals surface area (Å²) in [5.41, 5.74) is 5.88. The van der Waals surface area contributed by atoms with E-state index in [1.807, 2.05) is 98.8 Å². The van der Waals surface area contributed by atoms with Gasteiger partial charge in [-0.2, -0.15) is 0 Å². The SMILES string of the molecule is Cc1ccc(-n2c(=O)c3ccccc3n3c(SC(C)C(=O)c4c(C)[nH]c5ccccc45)nnc23)c(C)c1. The zero-order valence-electron chi connectivity index (χ0n) is 20.9. The molecule has 1 unspecified atom stereocenters. The highest BCUT2D eigenvalue weighted by molar-refractivity contribution is 8.00. The average molecular weight is 508 g/mol. The molecule has 0 aliphatic carbocycles.